The molecular formula is C16H30O8PbSn. The molecule has 0 amide bonds. The van der Waals surface area contributed by atoms with E-state index < -0.39 is 23.9 Å². The van der Waals surface area contributed by atoms with E-state index in [4.69, 9.17) is 39.6 Å². The van der Waals surface area contributed by atoms with E-state index in [2.05, 4.69) is 13.8 Å². The van der Waals surface area contributed by atoms with Crippen molar-refractivity contribution in [3.05, 3.63) is 0 Å². The first-order valence-corrected chi connectivity index (χ1v) is 11.8. The van der Waals surface area contributed by atoms with Gasteiger partial charge in [0.2, 0.25) is 0 Å². The Labute approximate surface area is 187 Å². The monoisotopic (exact) mass is 678 g/mol. The molecule has 0 unspecified atom stereocenters. The van der Waals surface area contributed by atoms with Crippen LogP contribution in [0.25, 0.3) is 0 Å². The van der Waals surface area contributed by atoms with Crippen LogP contribution in [-0.2, 0) is 19.2 Å². The summed E-state index contributed by atoms with van der Waals surface area (Å²) in [6, 6.07) is 0. The number of hydrogen-bond donors (Lipinski definition) is 0. The molecule has 0 N–H and O–H groups in total. The van der Waals surface area contributed by atoms with Gasteiger partial charge in [-0.2, -0.15) is 0 Å². The number of carbonyl (C=O) groups is 4. The fourth-order valence-electron chi connectivity index (χ4n) is 0.729. The molecule has 0 saturated carbocycles. The quantitative estimate of drug-likeness (QED) is 0.226. The summed E-state index contributed by atoms with van der Waals surface area (Å²) in [6.45, 7) is 8.47. The van der Waals surface area contributed by atoms with Gasteiger partial charge in [0.1, 0.15) is 0 Å². The second kappa shape index (κ2) is 39.6. The molecule has 0 saturated heterocycles. The van der Waals surface area contributed by atoms with Gasteiger partial charge in [0.25, 0.3) is 0 Å². The third-order valence-electron chi connectivity index (χ3n) is 1.41. The normalized spacial score (nSPS) is 7.00. The van der Waals surface area contributed by atoms with Crippen LogP contribution in [-0.4, -0.2) is 72.3 Å². The molecule has 0 spiro atoms. The summed E-state index contributed by atoms with van der Waals surface area (Å²) in [7, 11) is 0. The predicted molar refractivity (Wildman–Crippen MR) is 93.7 cm³/mol. The van der Waals surface area contributed by atoms with Crippen LogP contribution in [0.1, 0.15) is 67.2 Å². The molecule has 0 aliphatic carbocycles. The largest absolute Gasteiger partial charge is 2.00 e. The zero-order chi connectivity index (χ0) is 21.3. The van der Waals surface area contributed by atoms with Gasteiger partial charge in [-0.3, -0.25) is 0 Å². The van der Waals surface area contributed by atoms with E-state index in [0.29, 0.717) is 0 Å². The summed E-state index contributed by atoms with van der Waals surface area (Å²) in [5.74, 6) is -4.33. The van der Waals surface area contributed by atoms with Gasteiger partial charge in [-0.15, -0.1) is 0 Å². The Hall–Kier alpha value is -0.399. The van der Waals surface area contributed by atoms with Crippen molar-refractivity contribution in [2.75, 3.05) is 0 Å². The topological polar surface area (TPSA) is 161 Å². The Morgan fingerprint density at radius 1 is 0.615 bits per heavy atom. The van der Waals surface area contributed by atoms with Crippen LogP contribution in [0, 0.1) is 0 Å². The van der Waals surface area contributed by atoms with Crippen LogP contribution in [0.15, 0.2) is 0 Å². The van der Waals surface area contributed by atoms with Crippen molar-refractivity contribution in [3.8, 4) is 0 Å². The average Bonchev–Trinajstić information content (AvgIpc) is 2.36. The van der Waals surface area contributed by atoms with Crippen LogP contribution in [0.2, 0.25) is 8.87 Å². The molecule has 0 bridgehead atoms. The Balaban J connectivity index is -0.0000000508. The summed E-state index contributed by atoms with van der Waals surface area (Å²) in [5.41, 5.74) is 0. The third kappa shape index (κ3) is 384. The number of carbonyl (C=O) groups excluding carboxylic acids is 4. The number of aliphatic carboxylic acids is 4. The maximum absolute atomic E-state index is 8.89. The molecule has 0 aromatic heterocycles. The fourth-order valence-corrected chi connectivity index (χ4v) is 4.89. The van der Waals surface area contributed by atoms with Crippen LogP contribution in [0.3, 0.4) is 0 Å². The molecule has 26 heavy (non-hydrogen) atoms. The standard InChI is InChI=1S/2C4H9.4C2H4O2.Pb.Sn/c2*1-3-4-2;4*1-2(3)4;;/h2*1,3-4H2,2H3;4*1H3,(H,3,4);;/q;;;;;;2*+2/p-4. The summed E-state index contributed by atoms with van der Waals surface area (Å²) in [4.78, 5) is 35.6. The first-order valence-electron chi connectivity index (χ1n) is 7.75. The Morgan fingerprint density at radius 2 is 0.769 bits per heavy atom. The maximum Gasteiger partial charge on any atom is 2.00 e. The fraction of sp³-hybridized carbons (Fsp3) is 0.750. The molecule has 0 aliphatic heterocycles. The molecular weight excluding hydrogens is 646 g/mol. The molecule has 0 atom stereocenters. The summed E-state index contributed by atoms with van der Waals surface area (Å²) >= 11 is 0.149. The molecule has 10 heteroatoms. The van der Waals surface area contributed by atoms with Crippen molar-refractivity contribution < 1.29 is 39.6 Å². The number of hydrogen-bond acceptors (Lipinski definition) is 8. The van der Waals surface area contributed by atoms with Gasteiger partial charge < -0.3 is 39.6 Å². The van der Waals surface area contributed by atoms with Crippen molar-refractivity contribution in [1.29, 1.82) is 0 Å². The third-order valence-corrected chi connectivity index (χ3v) is 5.45. The van der Waals surface area contributed by atoms with Crippen molar-refractivity contribution >= 4 is 72.3 Å². The van der Waals surface area contributed by atoms with Gasteiger partial charge in [-0.05, 0) is 27.7 Å². The number of rotatable bonds is 6. The van der Waals surface area contributed by atoms with Gasteiger partial charge in [0, 0.05) is 23.9 Å². The van der Waals surface area contributed by atoms with E-state index >= 15 is 0 Å². The molecule has 0 aromatic carbocycles. The molecule has 0 aromatic rings. The van der Waals surface area contributed by atoms with Crippen LogP contribution in [0.4, 0.5) is 0 Å². The SMILES string of the molecule is CC(=O)[O-].CC(=O)[O-].CC(=O)[O-].CC(=O)[O-].CCC[CH2][Sn+2][CH2]CCC.[Pb+2]. The second-order valence-electron chi connectivity index (χ2n) is 4.42. The van der Waals surface area contributed by atoms with Crippen molar-refractivity contribution in [3.63, 3.8) is 0 Å². The van der Waals surface area contributed by atoms with Gasteiger partial charge in [0.05, 0.1) is 0 Å². The minimum atomic E-state index is -1.08. The smallest absolute Gasteiger partial charge is 2.00 e. The molecule has 0 rings (SSSR count). The number of carboxylic acids is 4. The molecule has 0 fully saturated rings. The van der Waals surface area contributed by atoms with Crippen LogP contribution >= 0.6 is 0 Å². The maximum atomic E-state index is 8.89. The van der Waals surface area contributed by atoms with E-state index in [1.165, 1.54) is 25.7 Å². The summed E-state index contributed by atoms with van der Waals surface area (Å²) in [5, 5.41) is 35.6. The Morgan fingerprint density at radius 3 is 0.885 bits per heavy atom. The molecule has 0 aliphatic rings. The summed E-state index contributed by atoms with van der Waals surface area (Å²) < 4.78 is 3.25. The number of carboxylic acid groups (broad SMARTS) is 4. The second-order valence-corrected chi connectivity index (χ2v) is 8.70. The Kier molecular flexibility index (Phi) is 61.4. The van der Waals surface area contributed by atoms with Crippen molar-refractivity contribution in [2.24, 2.45) is 0 Å². The zero-order valence-electron chi connectivity index (χ0n) is 16.5. The summed E-state index contributed by atoms with van der Waals surface area (Å²) in [6.07, 6.45) is 5.84. The van der Waals surface area contributed by atoms with Gasteiger partial charge in [0.15, 0.2) is 0 Å². The average molecular weight is 676 g/mol. The van der Waals surface area contributed by atoms with Gasteiger partial charge >= 0.3 is 96.8 Å². The first kappa shape index (κ1) is 40.3. The molecule has 0 heterocycles. The van der Waals surface area contributed by atoms with E-state index in [0.717, 1.165) is 27.7 Å². The van der Waals surface area contributed by atoms with E-state index in [-0.39, 0.29) is 48.4 Å². The zero-order valence-corrected chi connectivity index (χ0v) is 23.3. The molecule has 2 radical (unpaired) electrons. The van der Waals surface area contributed by atoms with E-state index in [1.54, 1.807) is 8.87 Å². The minimum absolute atomic E-state index is 0. The van der Waals surface area contributed by atoms with Gasteiger partial charge in [-0.25, -0.2) is 0 Å². The van der Waals surface area contributed by atoms with Crippen molar-refractivity contribution in [1.82, 2.24) is 0 Å². The van der Waals surface area contributed by atoms with Crippen LogP contribution < -0.4 is 20.4 Å². The van der Waals surface area contributed by atoms with E-state index in [1.807, 2.05) is 0 Å². The van der Waals surface area contributed by atoms with Crippen molar-refractivity contribution in [2.45, 2.75) is 76.1 Å². The first-order chi connectivity index (χ1) is 11.3. The molecule has 150 valence electrons. The Bertz CT molecular complexity index is 255. The van der Waals surface area contributed by atoms with Crippen LogP contribution in [0.5, 0.6) is 0 Å². The number of unbranched alkanes of at least 4 members (excludes halogenated alkanes) is 2. The minimum Gasteiger partial charge on any atom is 2.00 e. The molecule has 8 nitrogen and oxygen atoms in total. The van der Waals surface area contributed by atoms with E-state index in [9.17, 15) is 0 Å². The van der Waals surface area contributed by atoms with Gasteiger partial charge in [-0.1, -0.05) is 0 Å². The predicted octanol–water partition coefficient (Wildman–Crippen LogP) is -2.23.